The average molecular weight is 445 g/mol. The molecule has 5 heteroatoms. The topological polar surface area (TPSA) is 77.5 Å². The largest absolute Gasteiger partial charge is 0.466 e. The van der Waals surface area contributed by atoms with Crippen LogP contribution in [-0.2, 0) is 23.9 Å². The van der Waals surface area contributed by atoms with Gasteiger partial charge in [0.1, 0.15) is 17.3 Å². The van der Waals surface area contributed by atoms with Crippen LogP contribution in [0.2, 0.25) is 0 Å². The number of Topliss-reactive ketones (excluding diaryl/α,β-unsaturated/α-hetero) is 3. The summed E-state index contributed by atoms with van der Waals surface area (Å²) < 4.78 is 5.24. The molecule has 4 rings (SSSR count). The molecule has 4 fully saturated rings. The number of carbonyl (C=O) groups is 4. The third-order valence-electron chi connectivity index (χ3n) is 10.2. The first kappa shape index (κ1) is 23.6. The second kappa shape index (κ2) is 8.68. The lowest BCUT2D eigenvalue weighted by Crippen LogP contribution is -2.60. The van der Waals surface area contributed by atoms with E-state index in [1.165, 1.54) is 0 Å². The fourth-order valence-electron chi connectivity index (χ4n) is 8.22. The second-order valence-electron chi connectivity index (χ2n) is 11.7. The summed E-state index contributed by atoms with van der Waals surface area (Å²) in [5, 5.41) is 0. The molecule has 0 N–H and O–H groups in total. The normalized spacial score (nSPS) is 42.1. The van der Waals surface area contributed by atoms with E-state index in [1.54, 1.807) is 0 Å². The van der Waals surface area contributed by atoms with Gasteiger partial charge in [0.2, 0.25) is 0 Å². The SMILES string of the molecule is CCCOC(=O)CCC(C)C1CC[C@H]2[C@@H]3C(=O)C[C@@H]4CC(=O)CC[C@]4(C)[C@H]3CC(=O)[C@]12C. The van der Waals surface area contributed by atoms with Crippen LogP contribution >= 0.6 is 0 Å². The summed E-state index contributed by atoms with van der Waals surface area (Å²) in [5.74, 6) is 1.46. The first-order valence-electron chi connectivity index (χ1n) is 12.9. The lowest BCUT2D eigenvalue weighted by Gasteiger charge is -2.58. The third-order valence-corrected chi connectivity index (χ3v) is 10.2. The fraction of sp³-hybridized carbons (Fsp3) is 0.852. The Hall–Kier alpha value is -1.52. The molecule has 32 heavy (non-hydrogen) atoms. The molecule has 4 saturated carbocycles. The number of ketones is 3. The molecule has 0 saturated heterocycles. The Labute approximate surface area is 192 Å². The molecule has 5 nitrogen and oxygen atoms in total. The van der Waals surface area contributed by atoms with E-state index in [0.717, 1.165) is 32.1 Å². The zero-order valence-corrected chi connectivity index (χ0v) is 20.3. The molecule has 0 amide bonds. The maximum atomic E-state index is 13.8. The smallest absolute Gasteiger partial charge is 0.305 e. The highest BCUT2D eigenvalue weighted by Crippen LogP contribution is 2.66. The first-order chi connectivity index (χ1) is 15.1. The van der Waals surface area contributed by atoms with Gasteiger partial charge in [-0.25, -0.2) is 0 Å². The summed E-state index contributed by atoms with van der Waals surface area (Å²) in [4.78, 5) is 51.3. The van der Waals surface area contributed by atoms with Crippen LogP contribution < -0.4 is 0 Å². The quantitative estimate of drug-likeness (QED) is 0.542. The minimum absolute atomic E-state index is 0.0427. The molecule has 0 bridgehead atoms. The van der Waals surface area contributed by atoms with Crippen molar-refractivity contribution >= 4 is 23.3 Å². The first-order valence-corrected chi connectivity index (χ1v) is 12.9. The van der Waals surface area contributed by atoms with Crippen molar-refractivity contribution in [2.45, 2.75) is 91.9 Å². The summed E-state index contributed by atoms with van der Waals surface area (Å²) in [7, 11) is 0. The number of carbonyl (C=O) groups excluding carboxylic acids is 4. The highest BCUT2D eigenvalue weighted by atomic mass is 16.5. The van der Waals surface area contributed by atoms with E-state index >= 15 is 0 Å². The minimum Gasteiger partial charge on any atom is -0.466 e. The molecule has 0 aromatic heterocycles. The van der Waals surface area contributed by atoms with Gasteiger partial charge in [-0.2, -0.15) is 0 Å². The Balaban J connectivity index is 1.53. The summed E-state index contributed by atoms with van der Waals surface area (Å²) >= 11 is 0. The van der Waals surface area contributed by atoms with E-state index < -0.39 is 5.41 Å². The maximum absolute atomic E-state index is 13.8. The highest BCUT2D eigenvalue weighted by molar-refractivity contribution is 5.93. The lowest BCUT2D eigenvalue weighted by atomic mass is 9.44. The molecule has 2 unspecified atom stereocenters. The van der Waals surface area contributed by atoms with Gasteiger partial charge in [0.15, 0.2) is 0 Å². The van der Waals surface area contributed by atoms with Crippen molar-refractivity contribution in [2.24, 2.45) is 46.3 Å². The van der Waals surface area contributed by atoms with Crippen molar-refractivity contribution in [3.63, 3.8) is 0 Å². The molecule has 4 aliphatic carbocycles. The van der Waals surface area contributed by atoms with Gasteiger partial charge in [-0.15, -0.1) is 0 Å². The van der Waals surface area contributed by atoms with Crippen LogP contribution in [0.3, 0.4) is 0 Å². The second-order valence-corrected chi connectivity index (χ2v) is 11.7. The van der Waals surface area contributed by atoms with Crippen LogP contribution in [0.1, 0.15) is 91.9 Å². The van der Waals surface area contributed by atoms with Crippen LogP contribution in [0.15, 0.2) is 0 Å². The van der Waals surface area contributed by atoms with Crippen molar-refractivity contribution in [3.8, 4) is 0 Å². The lowest BCUT2D eigenvalue weighted by molar-refractivity contribution is -0.166. The van der Waals surface area contributed by atoms with Crippen LogP contribution in [-0.4, -0.2) is 29.9 Å². The molecule has 0 aliphatic heterocycles. The van der Waals surface area contributed by atoms with Gasteiger partial charge in [0.05, 0.1) is 6.61 Å². The van der Waals surface area contributed by atoms with Crippen LogP contribution in [0.4, 0.5) is 0 Å². The number of fused-ring (bicyclic) bond motifs is 5. The van der Waals surface area contributed by atoms with Gasteiger partial charge in [0.25, 0.3) is 0 Å². The standard InChI is InChI=1S/C27H40O5/c1-5-12-32-24(31)9-6-16(2)19-7-8-20-25-21(15-23(30)27(19,20)4)26(3)11-10-18(28)13-17(26)14-22(25)29/h16-17,19-21,25H,5-15H2,1-4H3/t16?,17-,19?,20-,21-,25-,26-,27+/m0/s1. The molecule has 8 atom stereocenters. The molecule has 0 aromatic carbocycles. The Bertz CT molecular complexity index is 802. The van der Waals surface area contributed by atoms with Crippen molar-refractivity contribution in [1.82, 2.24) is 0 Å². The molecule has 4 aliphatic rings. The number of esters is 1. The summed E-state index contributed by atoms with van der Waals surface area (Å²) in [5.41, 5.74) is -0.548. The highest BCUT2D eigenvalue weighted by Gasteiger charge is 2.66. The van der Waals surface area contributed by atoms with Crippen LogP contribution in [0.25, 0.3) is 0 Å². The van der Waals surface area contributed by atoms with E-state index in [1.807, 2.05) is 6.92 Å². The molecule has 0 aromatic rings. The predicted octanol–water partition coefficient (Wildman–Crippen LogP) is 4.94. The van der Waals surface area contributed by atoms with Crippen molar-refractivity contribution in [3.05, 3.63) is 0 Å². The Morgan fingerprint density at radius 3 is 2.56 bits per heavy atom. The van der Waals surface area contributed by atoms with Gasteiger partial charge in [-0.3, -0.25) is 19.2 Å². The molecule has 0 spiro atoms. The molecule has 0 radical (unpaired) electrons. The molecule has 178 valence electrons. The van der Waals surface area contributed by atoms with E-state index in [0.29, 0.717) is 50.3 Å². The number of ether oxygens (including phenoxy) is 1. The van der Waals surface area contributed by atoms with E-state index in [2.05, 4.69) is 20.8 Å². The number of hydrogen-bond donors (Lipinski definition) is 0. The summed E-state index contributed by atoms with van der Waals surface area (Å²) in [6.45, 7) is 8.98. The van der Waals surface area contributed by atoms with Gasteiger partial charge < -0.3 is 4.74 Å². The zero-order chi connectivity index (χ0) is 23.3. The maximum Gasteiger partial charge on any atom is 0.305 e. The summed E-state index contributed by atoms with van der Waals surface area (Å²) in [6, 6.07) is 0. The van der Waals surface area contributed by atoms with Crippen molar-refractivity contribution in [1.29, 1.82) is 0 Å². The minimum atomic E-state index is -0.475. The van der Waals surface area contributed by atoms with Crippen LogP contribution in [0.5, 0.6) is 0 Å². The molecular weight excluding hydrogens is 404 g/mol. The van der Waals surface area contributed by atoms with Crippen molar-refractivity contribution in [2.75, 3.05) is 6.61 Å². The Kier molecular flexibility index (Phi) is 6.41. The number of hydrogen-bond acceptors (Lipinski definition) is 5. The zero-order valence-electron chi connectivity index (χ0n) is 20.3. The fourth-order valence-corrected chi connectivity index (χ4v) is 8.22. The third kappa shape index (κ3) is 3.68. The van der Waals surface area contributed by atoms with Crippen LogP contribution in [0, 0.1) is 46.3 Å². The Morgan fingerprint density at radius 2 is 1.84 bits per heavy atom. The van der Waals surface area contributed by atoms with Gasteiger partial charge >= 0.3 is 5.97 Å². The van der Waals surface area contributed by atoms with Crippen molar-refractivity contribution < 1.29 is 23.9 Å². The molecular formula is C27H40O5. The molecule has 0 heterocycles. The van der Waals surface area contributed by atoms with Gasteiger partial charge in [0, 0.05) is 43.4 Å². The van der Waals surface area contributed by atoms with Gasteiger partial charge in [-0.1, -0.05) is 27.7 Å². The average Bonchev–Trinajstić information content (AvgIpc) is 3.11. The van der Waals surface area contributed by atoms with Gasteiger partial charge in [-0.05, 0) is 67.1 Å². The summed E-state index contributed by atoms with van der Waals surface area (Å²) in [6.07, 6.45) is 6.73. The Morgan fingerprint density at radius 1 is 1.09 bits per heavy atom. The monoisotopic (exact) mass is 444 g/mol. The number of rotatable bonds is 6. The van der Waals surface area contributed by atoms with E-state index in [4.69, 9.17) is 4.74 Å². The predicted molar refractivity (Wildman–Crippen MR) is 121 cm³/mol. The van der Waals surface area contributed by atoms with E-state index in [-0.39, 0.29) is 52.7 Å². The van der Waals surface area contributed by atoms with E-state index in [9.17, 15) is 19.2 Å².